The molecule has 4 rings (SSSR count). The number of urea groups is 1. The summed E-state index contributed by atoms with van der Waals surface area (Å²) in [5.74, 6) is 0. The van der Waals surface area contributed by atoms with Crippen molar-refractivity contribution in [1.29, 1.82) is 0 Å². The maximum absolute atomic E-state index is 12.4. The van der Waals surface area contributed by atoms with Crippen molar-refractivity contribution >= 4 is 17.4 Å². The van der Waals surface area contributed by atoms with E-state index in [0.29, 0.717) is 6.04 Å². The third-order valence-electron chi connectivity index (χ3n) is 6.37. The van der Waals surface area contributed by atoms with Gasteiger partial charge in [-0.05, 0) is 80.5 Å². The maximum Gasteiger partial charge on any atom is 0.323 e. The fraction of sp³-hybridized carbons (Fsp3) is 0.458. The van der Waals surface area contributed by atoms with Crippen molar-refractivity contribution in [3.8, 4) is 0 Å². The number of carbonyl (C=O) groups is 1. The van der Waals surface area contributed by atoms with Crippen LogP contribution in [0.2, 0.25) is 0 Å². The smallest absolute Gasteiger partial charge is 0.308 e. The summed E-state index contributed by atoms with van der Waals surface area (Å²) in [5, 5.41) is 5.92. The molecule has 2 N–H and O–H groups in total. The van der Waals surface area contributed by atoms with Gasteiger partial charge in [0.1, 0.15) is 0 Å². The van der Waals surface area contributed by atoms with Crippen LogP contribution >= 0.6 is 0 Å². The molecule has 1 saturated carbocycles. The second kappa shape index (κ2) is 7.25. The average molecular weight is 378 g/mol. The molecule has 28 heavy (non-hydrogen) atoms. The number of fused-ring (bicyclic) bond motifs is 1. The Hall–Kier alpha value is -2.33. The first-order chi connectivity index (χ1) is 13.3. The predicted octanol–water partition coefficient (Wildman–Crippen LogP) is 5.85. The Morgan fingerprint density at radius 2 is 1.64 bits per heavy atom. The summed E-state index contributed by atoms with van der Waals surface area (Å²) in [6.45, 7) is 6.66. The van der Waals surface area contributed by atoms with Gasteiger partial charge >= 0.3 is 6.03 Å². The van der Waals surface area contributed by atoms with Gasteiger partial charge in [0.25, 0.3) is 0 Å². The molecule has 4 nitrogen and oxygen atoms in total. The van der Waals surface area contributed by atoms with Gasteiger partial charge in [0, 0.05) is 23.5 Å². The number of nitrogens with one attached hydrogen (secondary N) is 2. The first kappa shape index (κ1) is 19.0. The summed E-state index contributed by atoms with van der Waals surface area (Å²) in [4.78, 5) is 15.0. The van der Waals surface area contributed by atoms with E-state index in [1.807, 2.05) is 37.3 Å². The van der Waals surface area contributed by atoms with Crippen LogP contribution in [-0.4, -0.2) is 24.0 Å². The molecule has 0 spiro atoms. The zero-order valence-corrected chi connectivity index (χ0v) is 17.4. The van der Waals surface area contributed by atoms with Gasteiger partial charge in [-0.2, -0.15) is 0 Å². The van der Waals surface area contributed by atoms with Crippen LogP contribution in [0.4, 0.5) is 16.2 Å². The Balaban J connectivity index is 1.53. The van der Waals surface area contributed by atoms with Crippen molar-refractivity contribution in [2.24, 2.45) is 0 Å². The van der Waals surface area contributed by atoms with Crippen molar-refractivity contribution in [1.82, 2.24) is 4.90 Å². The third kappa shape index (κ3) is 3.93. The highest BCUT2D eigenvalue weighted by molar-refractivity contribution is 5.99. The molecule has 2 amide bonds. The molecule has 0 aliphatic heterocycles. The second-order valence-corrected chi connectivity index (χ2v) is 9.08. The number of nitrogens with zero attached hydrogens (tertiary/aromatic N) is 1. The largest absolute Gasteiger partial charge is 0.323 e. The van der Waals surface area contributed by atoms with E-state index in [1.54, 1.807) is 0 Å². The van der Waals surface area contributed by atoms with E-state index in [-0.39, 0.29) is 11.4 Å². The van der Waals surface area contributed by atoms with Gasteiger partial charge in [-0.3, -0.25) is 4.90 Å². The van der Waals surface area contributed by atoms with Crippen molar-refractivity contribution in [2.45, 2.75) is 64.0 Å². The van der Waals surface area contributed by atoms with E-state index in [1.165, 1.54) is 42.4 Å². The molecule has 0 heterocycles. The zero-order valence-electron chi connectivity index (χ0n) is 17.4. The molecule has 0 bridgehead atoms. The molecule has 2 aromatic carbocycles. The lowest BCUT2D eigenvalue weighted by Crippen LogP contribution is -2.35. The van der Waals surface area contributed by atoms with Gasteiger partial charge in [0.15, 0.2) is 0 Å². The first-order valence-electron chi connectivity index (χ1n) is 10.3. The minimum atomic E-state index is -0.205. The molecule has 0 saturated heterocycles. The normalized spacial score (nSPS) is 20.5. The van der Waals surface area contributed by atoms with Crippen LogP contribution in [-0.2, 0) is 5.41 Å². The van der Waals surface area contributed by atoms with E-state index in [4.69, 9.17) is 0 Å². The quantitative estimate of drug-likeness (QED) is 0.702. The van der Waals surface area contributed by atoms with Crippen LogP contribution in [0.15, 0.2) is 42.5 Å². The minimum absolute atomic E-state index is 0.126. The number of rotatable bonds is 4. The van der Waals surface area contributed by atoms with Crippen molar-refractivity contribution in [3.63, 3.8) is 0 Å². The Labute approximate surface area is 168 Å². The highest BCUT2D eigenvalue weighted by atomic mass is 16.2. The molecule has 1 fully saturated rings. The number of aryl methyl sites for hydroxylation is 1. The van der Waals surface area contributed by atoms with Gasteiger partial charge in [-0.1, -0.05) is 37.6 Å². The number of amides is 2. The molecule has 1 unspecified atom stereocenters. The summed E-state index contributed by atoms with van der Waals surface area (Å²) in [5.41, 5.74) is 5.74. The summed E-state index contributed by atoms with van der Waals surface area (Å²) >= 11 is 0. The molecule has 0 radical (unpaired) electrons. The number of carbonyl (C=O) groups excluding carboxylic acids is 1. The molecular formula is C24H31N3O. The van der Waals surface area contributed by atoms with E-state index >= 15 is 0 Å². The van der Waals surface area contributed by atoms with Crippen LogP contribution in [0, 0.1) is 6.92 Å². The van der Waals surface area contributed by atoms with E-state index in [9.17, 15) is 4.79 Å². The predicted molar refractivity (Wildman–Crippen MR) is 116 cm³/mol. The summed E-state index contributed by atoms with van der Waals surface area (Å²) in [6.07, 6.45) is 5.02. The lowest BCUT2D eigenvalue weighted by molar-refractivity contribution is 0.192. The average Bonchev–Trinajstić information content (AvgIpc) is 3.49. The fourth-order valence-corrected chi connectivity index (χ4v) is 4.39. The summed E-state index contributed by atoms with van der Waals surface area (Å²) in [6, 6.07) is 15.3. The molecular weight excluding hydrogens is 346 g/mol. The molecule has 0 aromatic heterocycles. The fourth-order valence-electron chi connectivity index (χ4n) is 4.39. The summed E-state index contributed by atoms with van der Waals surface area (Å²) in [7, 11) is 2.27. The summed E-state index contributed by atoms with van der Waals surface area (Å²) < 4.78 is 0. The van der Waals surface area contributed by atoms with Crippen LogP contribution in [0.5, 0.6) is 0 Å². The molecule has 2 aliphatic rings. The van der Waals surface area contributed by atoms with E-state index < -0.39 is 0 Å². The molecule has 2 aliphatic carbocycles. The lowest BCUT2D eigenvalue weighted by atomic mass is 9.70. The zero-order chi connectivity index (χ0) is 19.9. The van der Waals surface area contributed by atoms with Crippen molar-refractivity contribution < 1.29 is 4.79 Å². The number of hydrogen-bond donors (Lipinski definition) is 2. The monoisotopic (exact) mass is 377 g/mol. The minimum Gasteiger partial charge on any atom is -0.308 e. The molecule has 1 atom stereocenters. The van der Waals surface area contributed by atoms with Crippen LogP contribution < -0.4 is 10.6 Å². The lowest BCUT2D eigenvalue weighted by Gasteiger charge is -2.41. The number of benzene rings is 2. The van der Waals surface area contributed by atoms with E-state index in [0.717, 1.165) is 17.4 Å². The van der Waals surface area contributed by atoms with Crippen LogP contribution in [0.25, 0.3) is 0 Å². The third-order valence-corrected chi connectivity index (χ3v) is 6.37. The van der Waals surface area contributed by atoms with Gasteiger partial charge < -0.3 is 10.6 Å². The SMILES string of the molecule is Cc1ccc(NC(=O)Nc2ccc3c(c2)C(C)(C)CCC3N(C)C2CC2)cc1. The number of hydrogen-bond acceptors (Lipinski definition) is 2. The first-order valence-corrected chi connectivity index (χ1v) is 10.3. The van der Waals surface area contributed by atoms with E-state index in [2.05, 4.69) is 48.6 Å². The van der Waals surface area contributed by atoms with Gasteiger partial charge in [0.05, 0.1) is 0 Å². The highest BCUT2D eigenvalue weighted by Crippen LogP contribution is 2.46. The number of anilines is 2. The Morgan fingerprint density at radius 3 is 2.32 bits per heavy atom. The molecule has 4 heteroatoms. The standard InChI is InChI=1S/C24H31N3O/c1-16-5-7-17(8-6-16)25-23(28)26-18-9-12-20-21(15-18)24(2,3)14-13-22(20)27(4)19-10-11-19/h5-9,12,15,19,22H,10-11,13-14H2,1-4H3,(H2,25,26,28). The van der Waals surface area contributed by atoms with Gasteiger partial charge in [0.2, 0.25) is 0 Å². The topological polar surface area (TPSA) is 44.4 Å². The van der Waals surface area contributed by atoms with Gasteiger partial charge in [-0.15, -0.1) is 0 Å². The van der Waals surface area contributed by atoms with Crippen LogP contribution in [0.3, 0.4) is 0 Å². The maximum atomic E-state index is 12.4. The second-order valence-electron chi connectivity index (χ2n) is 9.08. The van der Waals surface area contributed by atoms with Crippen molar-refractivity contribution in [2.75, 3.05) is 17.7 Å². The molecule has 148 valence electrons. The van der Waals surface area contributed by atoms with Gasteiger partial charge in [-0.25, -0.2) is 4.79 Å². The van der Waals surface area contributed by atoms with Crippen molar-refractivity contribution in [3.05, 3.63) is 59.2 Å². The van der Waals surface area contributed by atoms with Crippen LogP contribution in [0.1, 0.15) is 62.3 Å². The Bertz CT molecular complexity index is 868. The Morgan fingerprint density at radius 1 is 1.00 bits per heavy atom. The molecule has 2 aromatic rings. The Kier molecular flexibility index (Phi) is 4.92. The highest BCUT2D eigenvalue weighted by Gasteiger charge is 2.38.